The van der Waals surface area contributed by atoms with Crippen LogP contribution in [0.25, 0.3) is 22.5 Å². The number of H-pyrrole nitrogens is 1. The molecule has 0 saturated heterocycles. The molecule has 1 aromatic carbocycles. The van der Waals surface area contributed by atoms with E-state index in [4.69, 9.17) is 0 Å². The lowest BCUT2D eigenvalue weighted by Crippen LogP contribution is -2.36. The number of aromatic amines is 1. The zero-order valence-electron chi connectivity index (χ0n) is 24.2. The first kappa shape index (κ1) is 28.0. The Balaban J connectivity index is 1.52. The van der Waals surface area contributed by atoms with Crippen LogP contribution in [0.15, 0.2) is 53.7 Å². The molecule has 1 aliphatic carbocycles. The van der Waals surface area contributed by atoms with Crippen molar-refractivity contribution in [3.05, 3.63) is 70.7 Å². The number of pyridine rings is 1. The highest BCUT2D eigenvalue weighted by molar-refractivity contribution is 5.69. The van der Waals surface area contributed by atoms with Crippen molar-refractivity contribution in [3.8, 4) is 22.5 Å². The Kier molecular flexibility index (Phi) is 9.24. The third-order valence-corrected chi connectivity index (χ3v) is 8.89. The summed E-state index contributed by atoms with van der Waals surface area (Å²) in [5.41, 5.74) is 5.38. The maximum atomic E-state index is 14.3. The quantitative estimate of drug-likeness (QED) is 0.237. The summed E-state index contributed by atoms with van der Waals surface area (Å²) >= 11 is 0. The van der Waals surface area contributed by atoms with Crippen LogP contribution in [-0.4, -0.2) is 34.7 Å². The van der Waals surface area contributed by atoms with Gasteiger partial charge in [-0.15, -0.1) is 10.2 Å². The summed E-state index contributed by atoms with van der Waals surface area (Å²) in [6.45, 7) is 7.34. The molecule has 0 bridgehead atoms. The highest BCUT2D eigenvalue weighted by atomic mass is 16.1. The van der Waals surface area contributed by atoms with E-state index in [0.29, 0.717) is 24.2 Å². The van der Waals surface area contributed by atoms with E-state index in [0.717, 1.165) is 60.1 Å². The minimum atomic E-state index is 0.135. The van der Waals surface area contributed by atoms with E-state index < -0.39 is 0 Å². The Bertz CT molecular complexity index is 1390. The van der Waals surface area contributed by atoms with Crippen molar-refractivity contribution >= 4 is 0 Å². The first-order chi connectivity index (χ1) is 19.6. The highest BCUT2D eigenvalue weighted by Crippen LogP contribution is 2.39. The Labute approximate surface area is 237 Å². The predicted octanol–water partition coefficient (Wildman–Crippen LogP) is 6.84. The van der Waals surface area contributed by atoms with Crippen LogP contribution in [-0.2, 0) is 13.0 Å². The Morgan fingerprint density at radius 2 is 1.68 bits per heavy atom. The average Bonchev–Trinajstić information content (AvgIpc) is 3.62. The number of nitrogens with one attached hydrogen (secondary N) is 1. The van der Waals surface area contributed by atoms with Crippen LogP contribution in [0.2, 0.25) is 0 Å². The number of aromatic nitrogens is 7. The summed E-state index contributed by atoms with van der Waals surface area (Å²) in [6.07, 6.45) is 17.6. The molecule has 1 aliphatic rings. The largest absolute Gasteiger partial charge is 0.328 e. The summed E-state index contributed by atoms with van der Waals surface area (Å²) in [7, 11) is 0. The summed E-state index contributed by atoms with van der Waals surface area (Å²) in [6, 6.07) is 10.5. The highest BCUT2D eigenvalue weighted by Gasteiger charge is 2.32. The second-order valence-electron chi connectivity index (χ2n) is 11.3. The number of imidazole rings is 1. The lowest BCUT2D eigenvalue weighted by Gasteiger charge is -2.35. The molecule has 8 heteroatoms. The van der Waals surface area contributed by atoms with Crippen LogP contribution in [0.5, 0.6) is 0 Å². The topological polar surface area (TPSA) is 94.3 Å². The van der Waals surface area contributed by atoms with E-state index in [-0.39, 0.29) is 11.7 Å². The van der Waals surface area contributed by atoms with Crippen molar-refractivity contribution < 1.29 is 0 Å². The van der Waals surface area contributed by atoms with E-state index in [1.807, 2.05) is 35.2 Å². The molecule has 2 atom stereocenters. The SMILES string of the molecule is CCCCc1cn(C2C(CC)CCCCCC2CC)c(=O)n1Cc1cnccc1-c1ccc(-c2nn[nH]n2)cc1. The van der Waals surface area contributed by atoms with Gasteiger partial charge in [0.15, 0.2) is 0 Å². The number of nitrogens with zero attached hydrogens (tertiary/aromatic N) is 6. The number of hydrogen-bond acceptors (Lipinski definition) is 5. The molecule has 1 fully saturated rings. The fourth-order valence-corrected chi connectivity index (χ4v) is 6.64. The van der Waals surface area contributed by atoms with Gasteiger partial charge >= 0.3 is 5.69 Å². The number of tetrazole rings is 1. The van der Waals surface area contributed by atoms with Crippen molar-refractivity contribution in [3.63, 3.8) is 0 Å². The fraction of sp³-hybridized carbons (Fsp3) is 0.531. The van der Waals surface area contributed by atoms with Crippen LogP contribution in [0.3, 0.4) is 0 Å². The molecule has 1 saturated carbocycles. The van der Waals surface area contributed by atoms with Crippen LogP contribution in [0.1, 0.15) is 95.9 Å². The zero-order valence-corrected chi connectivity index (χ0v) is 24.2. The molecule has 1 N–H and O–H groups in total. The first-order valence-corrected chi connectivity index (χ1v) is 15.2. The number of rotatable bonds is 10. The molecule has 212 valence electrons. The van der Waals surface area contributed by atoms with Crippen LogP contribution < -0.4 is 5.69 Å². The second-order valence-corrected chi connectivity index (χ2v) is 11.3. The molecule has 8 nitrogen and oxygen atoms in total. The van der Waals surface area contributed by atoms with E-state index in [2.05, 4.69) is 69.3 Å². The molecule has 2 unspecified atom stereocenters. The van der Waals surface area contributed by atoms with Gasteiger partial charge in [-0.2, -0.15) is 5.21 Å². The number of hydrogen-bond donors (Lipinski definition) is 1. The third kappa shape index (κ3) is 5.96. The monoisotopic (exact) mass is 541 g/mol. The van der Waals surface area contributed by atoms with E-state index in [9.17, 15) is 4.79 Å². The van der Waals surface area contributed by atoms with E-state index in [1.165, 1.54) is 32.1 Å². The Morgan fingerprint density at radius 3 is 2.33 bits per heavy atom. The van der Waals surface area contributed by atoms with Crippen molar-refractivity contribution in [2.24, 2.45) is 11.8 Å². The lowest BCUT2D eigenvalue weighted by atomic mass is 9.77. The number of benzene rings is 1. The van der Waals surface area contributed by atoms with Gasteiger partial charge in [-0.05, 0) is 65.5 Å². The standard InChI is InChI=1S/C32H43N7O/c1-4-7-13-28-22-39(30-23(5-2)11-9-8-10-12-24(30)6-3)32(40)38(28)21-27-20-33-19-18-29(27)25-14-16-26(17-15-25)31-34-36-37-35-31/h14-20,22-24,30H,4-13,21H2,1-3H3,(H,34,35,36,37). The Hall–Kier alpha value is -3.55. The molecule has 3 heterocycles. The van der Waals surface area contributed by atoms with Crippen LogP contribution in [0, 0.1) is 11.8 Å². The predicted molar refractivity (Wildman–Crippen MR) is 159 cm³/mol. The van der Waals surface area contributed by atoms with Crippen molar-refractivity contribution in [1.29, 1.82) is 0 Å². The summed E-state index contributed by atoms with van der Waals surface area (Å²) in [4.78, 5) is 18.7. The van der Waals surface area contributed by atoms with Gasteiger partial charge in [-0.3, -0.25) is 14.1 Å². The average molecular weight is 542 g/mol. The molecular formula is C32H43N7O. The second kappa shape index (κ2) is 13.2. The van der Waals surface area contributed by atoms with Crippen molar-refractivity contribution in [2.75, 3.05) is 0 Å². The van der Waals surface area contributed by atoms with Gasteiger partial charge in [0.2, 0.25) is 5.82 Å². The number of unbranched alkanes of at least 4 members (excludes halogenated alkanes) is 1. The van der Waals surface area contributed by atoms with Crippen LogP contribution in [0.4, 0.5) is 0 Å². The van der Waals surface area contributed by atoms with Gasteiger partial charge in [0.1, 0.15) is 0 Å². The Morgan fingerprint density at radius 1 is 0.950 bits per heavy atom. The molecule has 40 heavy (non-hydrogen) atoms. The summed E-state index contributed by atoms with van der Waals surface area (Å²) in [5.74, 6) is 1.66. The van der Waals surface area contributed by atoms with Gasteiger partial charge in [0.05, 0.1) is 6.54 Å². The molecule has 0 amide bonds. The maximum Gasteiger partial charge on any atom is 0.328 e. The summed E-state index contributed by atoms with van der Waals surface area (Å²) < 4.78 is 4.18. The number of aryl methyl sites for hydroxylation is 1. The first-order valence-electron chi connectivity index (χ1n) is 15.2. The minimum absolute atomic E-state index is 0.135. The molecule has 0 spiro atoms. The van der Waals surface area contributed by atoms with Crippen molar-refractivity contribution in [2.45, 2.75) is 97.6 Å². The molecular weight excluding hydrogens is 498 g/mol. The molecule has 3 aromatic heterocycles. The smallest absolute Gasteiger partial charge is 0.295 e. The lowest BCUT2D eigenvalue weighted by molar-refractivity contribution is 0.171. The molecule has 4 aromatic rings. The normalized spacial score (nSPS) is 19.8. The van der Waals surface area contributed by atoms with Gasteiger partial charge in [-0.1, -0.05) is 83.6 Å². The van der Waals surface area contributed by atoms with Gasteiger partial charge in [0.25, 0.3) is 0 Å². The fourth-order valence-electron chi connectivity index (χ4n) is 6.64. The third-order valence-electron chi connectivity index (χ3n) is 8.89. The van der Waals surface area contributed by atoms with E-state index in [1.54, 1.807) is 0 Å². The summed E-state index contributed by atoms with van der Waals surface area (Å²) in [5, 5.41) is 14.3. The van der Waals surface area contributed by atoms with Gasteiger partial charge in [-0.25, -0.2) is 4.79 Å². The molecule has 0 radical (unpaired) electrons. The van der Waals surface area contributed by atoms with Gasteiger partial charge in [0, 0.05) is 35.9 Å². The van der Waals surface area contributed by atoms with Crippen molar-refractivity contribution in [1.82, 2.24) is 34.7 Å². The van der Waals surface area contributed by atoms with Crippen LogP contribution >= 0.6 is 0 Å². The maximum absolute atomic E-state index is 14.3. The molecule has 5 rings (SSSR count). The minimum Gasteiger partial charge on any atom is -0.295 e. The van der Waals surface area contributed by atoms with Gasteiger partial charge < -0.3 is 0 Å². The zero-order chi connectivity index (χ0) is 27.9. The van der Waals surface area contributed by atoms with E-state index >= 15 is 0 Å². The molecule has 0 aliphatic heterocycles.